The number of rotatable bonds is 0. The van der Waals surface area contributed by atoms with Gasteiger partial charge in [-0.25, -0.2) is 0 Å². The maximum absolute atomic E-state index is 4.72. The fourth-order valence-corrected chi connectivity index (χ4v) is 0.144. The van der Waals surface area contributed by atoms with Crippen molar-refractivity contribution in [2.45, 2.75) is 20.3 Å². The van der Waals surface area contributed by atoms with E-state index in [0.29, 0.717) is 0 Å². The minimum Gasteiger partial charge on any atom is -0.381 e. The van der Waals surface area contributed by atoms with Crippen molar-refractivity contribution in [1.82, 2.24) is 0 Å². The molecule has 0 spiro atoms. The molecular weight excluding hydrogens is 100 g/mol. The van der Waals surface area contributed by atoms with E-state index in [4.69, 9.17) is 4.74 Å². The van der Waals surface area contributed by atoms with Gasteiger partial charge in [0.05, 0.1) is 0 Å². The Bertz CT molecular complexity index is 54.8. The smallest absolute Gasteiger partial charge is 0.0488 e. The van der Waals surface area contributed by atoms with Gasteiger partial charge in [-0.2, -0.15) is 0 Å². The van der Waals surface area contributed by atoms with Crippen molar-refractivity contribution in [3.8, 4) is 0 Å². The van der Waals surface area contributed by atoms with Crippen LogP contribution in [0.15, 0.2) is 12.2 Å². The highest BCUT2D eigenvalue weighted by Crippen LogP contribution is 1.93. The molecule has 1 aliphatic heterocycles. The zero-order chi connectivity index (χ0) is 6.41. The van der Waals surface area contributed by atoms with E-state index >= 15 is 0 Å². The van der Waals surface area contributed by atoms with Crippen molar-refractivity contribution in [3.05, 3.63) is 12.2 Å². The topological polar surface area (TPSA) is 9.23 Å². The van der Waals surface area contributed by atoms with Gasteiger partial charge in [-0.05, 0) is 20.3 Å². The van der Waals surface area contributed by atoms with Crippen LogP contribution in [0.4, 0.5) is 0 Å². The van der Waals surface area contributed by atoms with Crippen molar-refractivity contribution in [2.24, 2.45) is 0 Å². The number of hydrogen-bond acceptors (Lipinski definition) is 1. The largest absolute Gasteiger partial charge is 0.381 e. The van der Waals surface area contributed by atoms with Crippen LogP contribution >= 0.6 is 0 Å². The molecule has 1 nitrogen and oxygen atoms in total. The molecule has 8 heavy (non-hydrogen) atoms. The summed E-state index contributed by atoms with van der Waals surface area (Å²) in [6, 6.07) is 0. The van der Waals surface area contributed by atoms with E-state index in [0.717, 1.165) is 13.2 Å². The van der Waals surface area contributed by atoms with Gasteiger partial charge in [0.1, 0.15) is 0 Å². The highest BCUT2D eigenvalue weighted by Gasteiger charge is 1.94. The predicted molar refractivity (Wildman–Crippen MR) is 35.9 cm³/mol. The first-order valence-electron chi connectivity index (χ1n) is 2.93. The Labute approximate surface area is 51.4 Å². The van der Waals surface area contributed by atoms with E-state index in [1.165, 1.54) is 12.0 Å². The third-order valence-electron chi connectivity index (χ3n) is 0.577. The summed E-state index contributed by atoms with van der Waals surface area (Å²) >= 11 is 0. The molecule has 0 amide bonds. The van der Waals surface area contributed by atoms with E-state index in [9.17, 15) is 0 Å². The lowest BCUT2D eigenvalue weighted by Crippen LogP contribution is -2.09. The Morgan fingerprint density at radius 3 is 1.50 bits per heavy atom. The third-order valence-corrected chi connectivity index (χ3v) is 0.577. The minimum atomic E-state index is 1.00. The van der Waals surface area contributed by atoms with Gasteiger partial charge in [0, 0.05) is 13.2 Å². The van der Waals surface area contributed by atoms with Crippen molar-refractivity contribution >= 4 is 0 Å². The quantitative estimate of drug-likeness (QED) is 0.437. The average Bonchev–Trinajstić information content (AvgIpc) is 1.19. The lowest BCUT2D eigenvalue weighted by molar-refractivity contribution is 0.0367. The van der Waals surface area contributed by atoms with Crippen molar-refractivity contribution in [1.29, 1.82) is 0 Å². The van der Waals surface area contributed by atoms with Gasteiger partial charge in [-0.3, -0.25) is 0 Å². The Hall–Kier alpha value is -0.300. The molecule has 0 aromatic carbocycles. The van der Waals surface area contributed by atoms with Gasteiger partial charge in [-0.1, -0.05) is 5.57 Å². The maximum Gasteiger partial charge on any atom is 0.0488 e. The SMILES string of the molecule is C1COC1.C=C(C)C. The summed E-state index contributed by atoms with van der Waals surface area (Å²) in [6.45, 7) is 9.50. The molecule has 1 heterocycles. The summed E-state index contributed by atoms with van der Waals surface area (Å²) in [4.78, 5) is 0. The minimum absolute atomic E-state index is 1.00. The fourth-order valence-electron chi connectivity index (χ4n) is 0.144. The van der Waals surface area contributed by atoms with E-state index in [1.54, 1.807) is 0 Å². The van der Waals surface area contributed by atoms with Crippen molar-refractivity contribution < 1.29 is 4.74 Å². The van der Waals surface area contributed by atoms with Crippen LogP contribution in [0.1, 0.15) is 20.3 Å². The molecule has 1 aliphatic rings. The first-order valence-corrected chi connectivity index (χ1v) is 2.93. The van der Waals surface area contributed by atoms with Crippen LogP contribution in [0.25, 0.3) is 0 Å². The van der Waals surface area contributed by atoms with E-state index < -0.39 is 0 Å². The second-order valence-electron chi connectivity index (χ2n) is 2.17. The van der Waals surface area contributed by atoms with E-state index in [1.807, 2.05) is 13.8 Å². The summed E-state index contributed by atoms with van der Waals surface area (Å²) in [5.74, 6) is 0. The molecule has 1 heteroatoms. The Morgan fingerprint density at radius 1 is 1.38 bits per heavy atom. The van der Waals surface area contributed by atoms with Crippen LogP contribution < -0.4 is 0 Å². The molecule has 48 valence electrons. The molecule has 0 saturated carbocycles. The average molecular weight is 114 g/mol. The number of allylic oxidation sites excluding steroid dienone is 1. The molecule has 0 aliphatic carbocycles. The monoisotopic (exact) mass is 114 g/mol. The summed E-state index contributed by atoms with van der Waals surface area (Å²) < 4.78 is 4.72. The lowest BCUT2D eigenvalue weighted by atomic mass is 10.4. The second-order valence-corrected chi connectivity index (χ2v) is 2.17. The predicted octanol–water partition coefficient (Wildman–Crippen LogP) is 1.99. The van der Waals surface area contributed by atoms with Crippen LogP contribution in [0, 0.1) is 0 Å². The zero-order valence-electron chi connectivity index (χ0n) is 5.74. The maximum atomic E-state index is 4.72. The van der Waals surface area contributed by atoms with Crippen LogP contribution in [0.5, 0.6) is 0 Å². The second kappa shape index (κ2) is 4.85. The lowest BCUT2D eigenvalue weighted by Gasteiger charge is -2.09. The molecule has 0 atom stereocenters. The standard InChI is InChI=1S/C4H8.C3H6O/c1-4(2)3;1-2-4-3-1/h1H2,2-3H3;1-3H2. The first kappa shape index (κ1) is 7.70. The summed E-state index contributed by atoms with van der Waals surface area (Å²) in [5, 5.41) is 0. The fraction of sp³-hybridized carbons (Fsp3) is 0.714. The molecular formula is C7H14O. The van der Waals surface area contributed by atoms with Crippen LogP contribution in [0.2, 0.25) is 0 Å². The van der Waals surface area contributed by atoms with Gasteiger partial charge in [0.25, 0.3) is 0 Å². The molecule has 0 bridgehead atoms. The van der Waals surface area contributed by atoms with Crippen molar-refractivity contribution in [3.63, 3.8) is 0 Å². The van der Waals surface area contributed by atoms with Crippen LogP contribution in [0.3, 0.4) is 0 Å². The zero-order valence-corrected chi connectivity index (χ0v) is 5.74. The number of hydrogen-bond donors (Lipinski definition) is 0. The normalized spacial score (nSPS) is 15.2. The van der Waals surface area contributed by atoms with Gasteiger partial charge >= 0.3 is 0 Å². The highest BCUT2D eigenvalue weighted by atomic mass is 16.5. The Balaban J connectivity index is 0.000000122. The van der Waals surface area contributed by atoms with Gasteiger partial charge in [0.2, 0.25) is 0 Å². The molecule has 1 fully saturated rings. The van der Waals surface area contributed by atoms with Gasteiger partial charge < -0.3 is 4.74 Å². The first-order chi connectivity index (χ1) is 3.73. The highest BCUT2D eigenvalue weighted by molar-refractivity contribution is 4.78. The van der Waals surface area contributed by atoms with Crippen LogP contribution in [-0.2, 0) is 4.74 Å². The third kappa shape index (κ3) is 9.20. The molecule has 1 saturated heterocycles. The molecule has 0 radical (unpaired) electrons. The summed E-state index contributed by atoms with van der Waals surface area (Å²) in [6.07, 6.45) is 1.28. The summed E-state index contributed by atoms with van der Waals surface area (Å²) in [7, 11) is 0. The van der Waals surface area contributed by atoms with E-state index in [-0.39, 0.29) is 0 Å². The molecule has 1 rings (SSSR count). The van der Waals surface area contributed by atoms with Crippen molar-refractivity contribution in [2.75, 3.05) is 13.2 Å². The number of ether oxygens (including phenoxy) is 1. The Kier molecular flexibility index (Phi) is 4.67. The molecule has 0 aromatic heterocycles. The van der Waals surface area contributed by atoms with Gasteiger partial charge in [0.15, 0.2) is 0 Å². The summed E-state index contributed by atoms with van der Waals surface area (Å²) in [5.41, 5.74) is 1.17. The van der Waals surface area contributed by atoms with Gasteiger partial charge in [-0.15, -0.1) is 6.58 Å². The molecule has 0 N–H and O–H groups in total. The molecule has 0 unspecified atom stereocenters. The van der Waals surface area contributed by atoms with E-state index in [2.05, 4.69) is 6.58 Å². The Morgan fingerprint density at radius 2 is 1.50 bits per heavy atom. The van der Waals surface area contributed by atoms with Crippen LogP contribution in [-0.4, -0.2) is 13.2 Å². The molecule has 0 aromatic rings.